The van der Waals surface area contributed by atoms with Crippen molar-refractivity contribution in [1.82, 2.24) is 4.98 Å². The number of hydrogen-bond acceptors (Lipinski definition) is 3. The highest BCUT2D eigenvalue weighted by Crippen LogP contribution is 2.40. The molecule has 1 heterocycles. The normalized spacial score (nSPS) is 14.9. The van der Waals surface area contributed by atoms with Gasteiger partial charge in [-0.25, -0.2) is 0 Å². The zero-order valence-corrected chi connectivity index (χ0v) is 14.0. The van der Waals surface area contributed by atoms with Crippen molar-refractivity contribution >= 4 is 0 Å². The molecule has 1 aromatic heterocycles. The summed E-state index contributed by atoms with van der Waals surface area (Å²) >= 11 is 0. The smallest absolute Gasteiger partial charge is 0.118 e. The van der Waals surface area contributed by atoms with Crippen LogP contribution < -0.4 is 0 Å². The number of fused-ring (bicyclic) bond motifs is 2. The summed E-state index contributed by atoms with van der Waals surface area (Å²) < 4.78 is 0. The first kappa shape index (κ1) is 15.7. The molecule has 1 unspecified atom stereocenters. The first-order valence-corrected chi connectivity index (χ1v) is 8.75. The van der Waals surface area contributed by atoms with Gasteiger partial charge < -0.3 is 0 Å². The Labute approximate surface area is 147 Å². The first-order chi connectivity index (χ1) is 12.4. The van der Waals surface area contributed by atoms with Crippen molar-refractivity contribution in [3.05, 3.63) is 106 Å². The van der Waals surface area contributed by atoms with E-state index in [0.29, 0.717) is 6.42 Å². The third-order valence-corrected chi connectivity index (χ3v) is 5.20. The molecule has 1 atom stereocenters. The van der Waals surface area contributed by atoms with Crippen LogP contribution in [-0.4, -0.2) is 4.98 Å². The molecule has 0 amide bonds. The van der Waals surface area contributed by atoms with Crippen molar-refractivity contribution in [2.24, 2.45) is 5.18 Å². The summed E-state index contributed by atoms with van der Waals surface area (Å²) in [6.45, 7) is 0. The van der Waals surface area contributed by atoms with Gasteiger partial charge in [-0.3, -0.25) is 4.98 Å². The zero-order chi connectivity index (χ0) is 17.1. The Morgan fingerprint density at radius 2 is 1.44 bits per heavy atom. The van der Waals surface area contributed by atoms with E-state index >= 15 is 0 Å². The minimum Gasteiger partial charge on any atom is -0.265 e. The van der Waals surface area contributed by atoms with Crippen molar-refractivity contribution in [1.29, 1.82) is 0 Å². The van der Waals surface area contributed by atoms with Crippen LogP contribution in [0.2, 0.25) is 0 Å². The Hall–Kier alpha value is -2.81. The maximum Gasteiger partial charge on any atom is 0.118 e. The highest BCUT2D eigenvalue weighted by molar-refractivity contribution is 5.45. The number of nitroso groups, excluding NO2 is 1. The van der Waals surface area contributed by atoms with Crippen molar-refractivity contribution in [3.63, 3.8) is 0 Å². The van der Waals surface area contributed by atoms with Gasteiger partial charge in [0.1, 0.15) is 6.04 Å². The van der Waals surface area contributed by atoms with E-state index in [1.54, 1.807) is 12.4 Å². The largest absolute Gasteiger partial charge is 0.265 e. The zero-order valence-electron chi connectivity index (χ0n) is 14.0. The van der Waals surface area contributed by atoms with E-state index in [9.17, 15) is 4.91 Å². The predicted octanol–water partition coefficient (Wildman–Crippen LogP) is 5.21. The minimum absolute atomic E-state index is 0.186. The van der Waals surface area contributed by atoms with Crippen LogP contribution in [0.15, 0.2) is 78.2 Å². The van der Waals surface area contributed by atoms with E-state index in [2.05, 4.69) is 58.7 Å². The van der Waals surface area contributed by atoms with E-state index in [4.69, 9.17) is 0 Å². The summed E-state index contributed by atoms with van der Waals surface area (Å²) in [7, 11) is 0. The van der Waals surface area contributed by atoms with E-state index in [0.717, 1.165) is 18.4 Å². The molecule has 0 saturated heterocycles. The molecule has 3 heteroatoms. The van der Waals surface area contributed by atoms with Gasteiger partial charge in [0, 0.05) is 18.3 Å². The summed E-state index contributed by atoms with van der Waals surface area (Å²) in [6.07, 6.45) is 6.21. The molecule has 0 bridgehead atoms. The maximum absolute atomic E-state index is 11.6. The quantitative estimate of drug-likeness (QED) is 0.617. The van der Waals surface area contributed by atoms with E-state index in [1.165, 1.54) is 22.3 Å². The fraction of sp³-hybridized carbons (Fsp3) is 0.227. The molecule has 1 aliphatic carbocycles. The lowest BCUT2D eigenvalue weighted by Gasteiger charge is -2.22. The van der Waals surface area contributed by atoms with Crippen LogP contribution in [0.4, 0.5) is 0 Å². The molecule has 25 heavy (non-hydrogen) atoms. The fourth-order valence-electron chi connectivity index (χ4n) is 3.94. The predicted molar refractivity (Wildman–Crippen MR) is 99.5 cm³/mol. The summed E-state index contributed by atoms with van der Waals surface area (Å²) in [5.41, 5.74) is 6.35. The number of pyridine rings is 1. The van der Waals surface area contributed by atoms with Crippen LogP contribution in [0.25, 0.3) is 0 Å². The molecule has 0 saturated carbocycles. The third-order valence-electron chi connectivity index (χ3n) is 5.20. The second kappa shape index (κ2) is 6.98. The first-order valence-electron chi connectivity index (χ1n) is 8.75. The highest BCUT2D eigenvalue weighted by atomic mass is 16.3. The minimum atomic E-state index is -0.368. The van der Waals surface area contributed by atoms with Gasteiger partial charge >= 0.3 is 0 Å². The topological polar surface area (TPSA) is 42.3 Å². The summed E-state index contributed by atoms with van der Waals surface area (Å²) in [6, 6.07) is 20.6. The van der Waals surface area contributed by atoms with Crippen LogP contribution in [0.3, 0.4) is 0 Å². The summed E-state index contributed by atoms with van der Waals surface area (Å²) in [5, 5.41) is 3.45. The number of aryl methyl sites for hydroxylation is 2. The van der Waals surface area contributed by atoms with E-state index in [-0.39, 0.29) is 12.0 Å². The Bertz CT molecular complexity index is 828. The molecule has 2 aromatic carbocycles. The van der Waals surface area contributed by atoms with Crippen molar-refractivity contribution < 1.29 is 0 Å². The molecule has 4 rings (SSSR count). The number of aromatic nitrogens is 1. The molecule has 1 aliphatic rings. The van der Waals surface area contributed by atoms with Gasteiger partial charge in [-0.2, -0.15) is 4.91 Å². The Balaban J connectivity index is 1.78. The number of hydrogen-bond donors (Lipinski definition) is 0. The Morgan fingerprint density at radius 3 is 2.00 bits per heavy atom. The van der Waals surface area contributed by atoms with Gasteiger partial charge in [0.25, 0.3) is 0 Å². The standard InChI is InChI=1S/C22H20N2O/c25-24-22(18-11-13-23-14-12-18)15-21-19-7-3-1-5-16(19)9-10-17-6-2-4-8-20(17)21/h1-8,11-14,21-22H,9-10,15H2. The fourth-order valence-corrected chi connectivity index (χ4v) is 3.94. The number of nitrogens with zero attached hydrogens (tertiary/aromatic N) is 2. The lowest BCUT2D eigenvalue weighted by atomic mass is 9.82. The molecule has 0 N–H and O–H groups in total. The van der Waals surface area contributed by atoms with E-state index < -0.39 is 0 Å². The average Bonchev–Trinajstić information content (AvgIpc) is 2.84. The molecule has 0 fully saturated rings. The second-order valence-electron chi connectivity index (χ2n) is 6.59. The molecule has 0 spiro atoms. The van der Waals surface area contributed by atoms with Gasteiger partial charge in [0.2, 0.25) is 0 Å². The van der Waals surface area contributed by atoms with Crippen LogP contribution >= 0.6 is 0 Å². The summed E-state index contributed by atoms with van der Waals surface area (Å²) in [5.74, 6) is 0.186. The molecule has 124 valence electrons. The monoisotopic (exact) mass is 328 g/mol. The van der Waals surface area contributed by atoms with E-state index in [1.807, 2.05) is 12.1 Å². The Morgan fingerprint density at radius 1 is 0.880 bits per heavy atom. The lowest BCUT2D eigenvalue weighted by molar-refractivity contribution is 0.592. The average molecular weight is 328 g/mol. The van der Waals surface area contributed by atoms with Crippen LogP contribution in [0.5, 0.6) is 0 Å². The van der Waals surface area contributed by atoms with Crippen LogP contribution in [0.1, 0.15) is 46.2 Å². The SMILES string of the molecule is O=NC(CC1c2ccccc2CCc2ccccc21)c1ccncc1. The highest BCUT2D eigenvalue weighted by Gasteiger charge is 2.27. The van der Waals surface area contributed by atoms with Crippen molar-refractivity contribution in [2.45, 2.75) is 31.2 Å². The van der Waals surface area contributed by atoms with Gasteiger partial charge in [0.05, 0.1) is 0 Å². The van der Waals surface area contributed by atoms with Crippen molar-refractivity contribution in [3.8, 4) is 0 Å². The molecule has 0 aliphatic heterocycles. The molecule has 3 nitrogen and oxygen atoms in total. The summed E-state index contributed by atoms with van der Waals surface area (Å²) in [4.78, 5) is 15.7. The lowest BCUT2D eigenvalue weighted by Crippen LogP contribution is -2.08. The third kappa shape index (κ3) is 3.10. The van der Waals surface area contributed by atoms with Crippen LogP contribution in [0, 0.1) is 4.91 Å². The number of rotatable bonds is 4. The molecule has 0 radical (unpaired) electrons. The molecular formula is C22H20N2O. The van der Waals surface area contributed by atoms with Gasteiger partial charge in [-0.1, -0.05) is 53.7 Å². The van der Waals surface area contributed by atoms with Crippen LogP contribution in [-0.2, 0) is 12.8 Å². The van der Waals surface area contributed by atoms with Gasteiger partial charge in [0.15, 0.2) is 0 Å². The maximum atomic E-state index is 11.6. The Kier molecular flexibility index (Phi) is 4.38. The van der Waals surface area contributed by atoms with Crippen molar-refractivity contribution in [2.75, 3.05) is 0 Å². The second-order valence-corrected chi connectivity index (χ2v) is 6.59. The molecular weight excluding hydrogens is 308 g/mol. The number of benzene rings is 2. The molecule has 3 aromatic rings. The van der Waals surface area contributed by atoms with Gasteiger partial charge in [-0.05, 0) is 59.2 Å². The van der Waals surface area contributed by atoms with Gasteiger partial charge in [-0.15, -0.1) is 0 Å².